The molecule has 1 amide bonds. The third kappa shape index (κ3) is 1.91. The van der Waals surface area contributed by atoms with Gasteiger partial charge in [0.05, 0.1) is 0 Å². The normalized spacial score (nSPS) is 20.6. The molecule has 0 aromatic heterocycles. The molecule has 128 valence electrons. The second kappa shape index (κ2) is 5.46. The van der Waals surface area contributed by atoms with Crippen molar-refractivity contribution in [1.82, 2.24) is 0 Å². The maximum Gasteiger partial charge on any atom is 0.257 e. The van der Waals surface area contributed by atoms with E-state index in [2.05, 4.69) is 59.5 Å². The molecule has 0 saturated heterocycles. The third-order valence-corrected chi connectivity index (χ3v) is 5.74. The summed E-state index contributed by atoms with van der Waals surface area (Å²) in [6.07, 6.45) is 0.718. The first kappa shape index (κ1) is 15.2. The summed E-state index contributed by atoms with van der Waals surface area (Å²) in [7, 11) is 1.89. The Balaban J connectivity index is 1.72. The van der Waals surface area contributed by atoms with Gasteiger partial charge in [0.2, 0.25) is 0 Å². The van der Waals surface area contributed by atoms with E-state index in [1.807, 2.05) is 36.2 Å². The summed E-state index contributed by atoms with van der Waals surface area (Å²) < 4.78 is 0. The lowest BCUT2D eigenvalue weighted by Crippen LogP contribution is -2.50. The molecule has 26 heavy (non-hydrogen) atoms. The van der Waals surface area contributed by atoms with Gasteiger partial charge in [0.25, 0.3) is 5.91 Å². The van der Waals surface area contributed by atoms with Crippen molar-refractivity contribution in [1.29, 1.82) is 0 Å². The van der Waals surface area contributed by atoms with Crippen LogP contribution in [0.15, 0.2) is 78.9 Å². The molecular weight excluding hydrogens is 320 g/mol. The molecule has 3 heteroatoms. The van der Waals surface area contributed by atoms with E-state index in [1.54, 1.807) is 0 Å². The van der Waals surface area contributed by atoms with Crippen molar-refractivity contribution in [3.8, 4) is 0 Å². The summed E-state index contributed by atoms with van der Waals surface area (Å²) in [6, 6.07) is 27.0. The minimum atomic E-state index is -0.648. The smallest absolute Gasteiger partial charge is 0.257 e. The van der Waals surface area contributed by atoms with Crippen molar-refractivity contribution in [3.05, 3.63) is 95.6 Å². The van der Waals surface area contributed by atoms with Crippen molar-refractivity contribution < 1.29 is 4.79 Å². The Morgan fingerprint density at radius 2 is 1.50 bits per heavy atom. The van der Waals surface area contributed by atoms with Crippen LogP contribution in [0.25, 0.3) is 0 Å². The first-order valence-electron chi connectivity index (χ1n) is 8.99. The number of carbonyl (C=O) groups is 1. The quantitative estimate of drug-likeness (QED) is 0.700. The lowest BCUT2D eigenvalue weighted by Gasteiger charge is -2.36. The molecule has 0 bridgehead atoms. The van der Waals surface area contributed by atoms with Gasteiger partial charge >= 0.3 is 0 Å². The number of para-hydroxylation sites is 2. The van der Waals surface area contributed by atoms with Crippen molar-refractivity contribution in [2.45, 2.75) is 18.5 Å². The summed E-state index contributed by atoms with van der Waals surface area (Å²) in [6.45, 7) is 0.714. The topological polar surface area (TPSA) is 23.6 Å². The SMILES string of the molecule is CN1C(=O)C2(Cc3ccccc3N2Cc2ccccc2)c2ccccc21. The van der Waals surface area contributed by atoms with Crippen molar-refractivity contribution in [2.75, 3.05) is 16.8 Å². The van der Waals surface area contributed by atoms with E-state index in [-0.39, 0.29) is 5.91 Å². The molecule has 2 aliphatic heterocycles. The maximum absolute atomic E-state index is 13.5. The van der Waals surface area contributed by atoms with Gasteiger partial charge in [-0.1, -0.05) is 66.7 Å². The lowest BCUT2D eigenvalue weighted by molar-refractivity contribution is -0.122. The molecule has 3 aromatic rings. The molecule has 1 unspecified atom stereocenters. The second-order valence-electron chi connectivity index (χ2n) is 7.12. The predicted octanol–water partition coefficient (Wildman–Crippen LogP) is 4.12. The van der Waals surface area contributed by atoms with E-state index in [0.29, 0.717) is 6.54 Å². The molecule has 0 radical (unpaired) electrons. The molecule has 0 N–H and O–H groups in total. The average Bonchev–Trinajstić information content (AvgIpc) is 3.12. The van der Waals surface area contributed by atoms with Crippen LogP contribution < -0.4 is 9.80 Å². The Morgan fingerprint density at radius 1 is 0.846 bits per heavy atom. The summed E-state index contributed by atoms with van der Waals surface area (Å²) >= 11 is 0. The highest BCUT2D eigenvalue weighted by atomic mass is 16.2. The number of anilines is 2. The zero-order valence-corrected chi connectivity index (χ0v) is 14.7. The summed E-state index contributed by atoms with van der Waals surface area (Å²) in [4.78, 5) is 17.7. The Labute approximate surface area is 153 Å². The summed E-state index contributed by atoms with van der Waals surface area (Å²) in [5.41, 5.74) is 5.09. The molecular formula is C23H20N2O. The number of fused-ring (bicyclic) bond motifs is 3. The van der Waals surface area contributed by atoms with E-state index in [1.165, 1.54) is 11.1 Å². The fourth-order valence-corrected chi connectivity index (χ4v) is 4.54. The van der Waals surface area contributed by atoms with Crippen LogP contribution in [0.4, 0.5) is 11.4 Å². The van der Waals surface area contributed by atoms with Gasteiger partial charge in [0.15, 0.2) is 5.54 Å². The summed E-state index contributed by atoms with van der Waals surface area (Å²) in [5.74, 6) is 0.158. The van der Waals surface area contributed by atoms with Crippen LogP contribution in [0.3, 0.4) is 0 Å². The Kier molecular flexibility index (Phi) is 3.20. The molecule has 2 heterocycles. The lowest BCUT2D eigenvalue weighted by atomic mass is 9.87. The van der Waals surface area contributed by atoms with Gasteiger partial charge in [-0.3, -0.25) is 4.79 Å². The van der Waals surface area contributed by atoms with Crippen LogP contribution in [0, 0.1) is 0 Å². The predicted molar refractivity (Wildman–Crippen MR) is 104 cm³/mol. The monoisotopic (exact) mass is 340 g/mol. The Hall–Kier alpha value is -3.07. The number of carbonyl (C=O) groups excluding carboxylic acids is 1. The molecule has 2 aliphatic rings. The zero-order valence-electron chi connectivity index (χ0n) is 14.7. The maximum atomic E-state index is 13.5. The highest BCUT2D eigenvalue weighted by Gasteiger charge is 2.57. The van der Waals surface area contributed by atoms with Crippen LogP contribution in [-0.4, -0.2) is 13.0 Å². The molecule has 1 atom stereocenters. The number of hydrogen-bond donors (Lipinski definition) is 0. The first-order valence-corrected chi connectivity index (χ1v) is 8.99. The number of nitrogens with zero attached hydrogens (tertiary/aromatic N) is 2. The number of hydrogen-bond acceptors (Lipinski definition) is 2. The third-order valence-electron chi connectivity index (χ3n) is 5.74. The van der Waals surface area contributed by atoms with E-state index < -0.39 is 5.54 Å². The van der Waals surface area contributed by atoms with Crippen molar-refractivity contribution >= 4 is 17.3 Å². The van der Waals surface area contributed by atoms with Crippen LogP contribution in [-0.2, 0) is 23.3 Å². The van der Waals surface area contributed by atoms with Gasteiger partial charge in [0, 0.05) is 37.0 Å². The molecule has 5 rings (SSSR count). The van der Waals surface area contributed by atoms with Crippen LogP contribution in [0.5, 0.6) is 0 Å². The van der Waals surface area contributed by atoms with Gasteiger partial charge in [-0.2, -0.15) is 0 Å². The molecule has 3 aromatic carbocycles. The molecule has 0 fully saturated rings. The minimum Gasteiger partial charge on any atom is -0.348 e. The highest BCUT2D eigenvalue weighted by molar-refractivity contribution is 6.10. The van der Waals surface area contributed by atoms with E-state index >= 15 is 0 Å². The number of amides is 1. The van der Waals surface area contributed by atoms with Crippen molar-refractivity contribution in [3.63, 3.8) is 0 Å². The molecule has 1 spiro atoms. The largest absolute Gasteiger partial charge is 0.348 e. The Morgan fingerprint density at radius 3 is 2.31 bits per heavy atom. The average molecular weight is 340 g/mol. The van der Waals surface area contributed by atoms with E-state index in [0.717, 1.165) is 23.4 Å². The molecule has 0 aliphatic carbocycles. The van der Waals surface area contributed by atoms with Gasteiger partial charge < -0.3 is 9.80 Å². The van der Waals surface area contributed by atoms with Gasteiger partial charge in [0.1, 0.15) is 0 Å². The second-order valence-corrected chi connectivity index (χ2v) is 7.12. The number of likely N-dealkylation sites (N-methyl/N-ethyl adjacent to an activating group) is 1. The van der Waals surface area contributed by atoms with Gasteiger partial charge in [-0.05, 0) is 23.3 Å². The highest BCUT2D eigenvalue weighted by Crippen LogP contribution is 2.52. The number of benzene rings is 3. The summed E-state index contributed by atoms with van der Waals surface area (Å²) in [5, 5.41) is 0. The minimum absolute atomic E-state index is 0.158. The number of rotatable bonds is 2. The van der Waals surface area contributed by atoms with E-state index in [4.69, 9.17) is 0 Å². The zero-order chi connectivity index (χ0) is 17.7. The van der Waals surface area contributed by atoms with Gasteiger partial charge in [-0.25, -0.2) is 0 Å². The standard InChI is InChI=1S/C23H20N2O/c1-24-21-14-8-6-12-19(21)23(22(24)26)15-18-11-5-7-13-20(18)25(23)16-17-9-3-2-4-10-17/h2-14H,15-16H2,1H3. The van der Waals surface area contributed by atoms with Crippen LogP contribution in [0.2, 0.25) is 0 Å². The van der Waals surface area contributed by atoms with E-state index in [9.17, 15) is 4.79 Å². The van der Waals surface area contributed by atoms with Crippen LogP contribution in [0.1, 0.15) is 16.7 Å². The molecule has 3 nitrogen and oxygen atoms in total. The Bertz CT molecular complexity index is 998. The first-order chi connectivity index (χ1) is 12.7. The molecule has 0 saturated carbocycles. The fourth-order valence-electron chi connectivity index (χ4n) is 4.54. The van der Waals surface area contributed by atoms with Crippen LogP contribution >= 0.6 is 0 Å². The van der Waals surface area contributed by atoms with Crippen molar-refractivity contribution in [2.24, 2.45) is 0 Å². The fraction of sp³-hybridized carbons (Fsp3) is 0.174. The van der Waals surface area contributed by atoms with Gasteiger partial charge in [-0.15, -0.1) is 0 Å².